The van der Waals surface area contributed by atoms with Crippen LogP contribution < -0.4 is 5.73 Å². The number of hydrogen-bond donors (Lipinski definition) is 1. The molecule has 0 aromatic carbocycles. The van der Waals surface area contributed by atoms with Gasteiger partial charge in [-0.1, -0.05) is 6.07 Å². The molecule has 2 saturated heterocycles. The molecule has 2 N–H and O–H groups in total. The SMILES string of the molecule is Cc1ccc(C(N)C2CN3CCCC3CO2)cn1. The quantitative estimate of drug-likeness (QED) is 0.854. The minimum absolute atomic E-state index is 0.0698. The number of fused-ring (bicyclic) bond motifs is 1. The highest BCUT2D eigenvalue weighted by atomic mass is 16.5. The number of aromatic nitrogens is 1. The molecule has 2 aliphatic rings. The standard InChI is InChI=1S/C14H21N3O/c1-10-4-5-11(7-16-10)14(15)13-8-17-6-2-3-12(17)9-18-13/h4-5,7,12-14H,2-3,6,8-9,15H2,1H3. The van der Waals surface area contributed by atoms with E-state index in [-0.39, 0.29) is 12.1 Å². The maximum Gasteiger partial charge on any atom is 0.0895 e. The van der Waals surface area contributed by atoms with Gasteiger partial charge in [0.05, 0.1) is 18.8 Å². The Balaban J connectivity index is 1.69. The summed E-state index contributed by atoms with van der Waals surface area (Å²) in [6.45, 7) is 4.97. The molecular formula is C14H21N3O. The monoisotopic (exact) mass is 247 g/mol. The van der Waals surface area contributed by atoms with Gasteiger partial charge in [-0.05, 0) is 37.9 Å². The van der Waals surface area contributed by atoms with Gasteiger partial charge in [-0.2, -0.15) is 0 Å². The van der Waals surface area contributed by atoms with Crippen molar-refractivity contribution in [3.8, 4) is 0 Å². The molecule has 1 aromatic heterocycles. The molecule has 3 heterocycles. The molecule has 0 radical (unpaired) electrons. The number of pyridine rings is 1. The van der Waals surface area contributed by atoms with Gasteiger partial charge in [0.25, 0.3) is 0 Å². The second-order valence-electron chi connectivity index (χ2n) is 5.42. The Hall–Kier alpha value is -0.970. The summed E-state index contributed by atoms with van der Waals surface area (Å²) in [4.78, 5) is 6.84. The van der Waals surface area contributed by atoms with E-state index < -0.39 is 0 Å². The van der Waals surface area contributed by atoms with Gasteiger partial charge in [0.2, 0.25) is 0 Å². The first-order chi connectivity index (χ1) is 8.74. The molecule has 0 aliphatic carbocycles. The number of morpholine rings is 1. The fourth-order valence-corrected chi connectivity index (χ4v) is 2.95. The molecular weight excluding hydrogens is 226 g/mol. The lowest BCUT2D eigenvalue weighted by atomic mass is 10.0. The second-order valence-corrected chi connectivity index (χ2v) is 5.42. The smallest absolute Gasteiger partial charge is 0.0895 e. The van der Waals surface area contributed by atoms with Crippen LogP contribution in [-0.4, -0.2) is 41.7 Å². The molecule has 3 rings (SSSR count). The molecule has 2 aliphatic heterocycles. The number of aryl methyl sites for hydroxylation is 1. The Morgan fingerprint density at radius 2 is 2.39 bits per heavy atom. The molecule has 0 spiro atoms. The second kappa shape index (κ2) is 4.96. The number of hydrogen-bond acceptors (Lipinski definition) is 4. The summed E-state index contributed by atoms with van der Waals surface area (Å²) >= 11 is 0. The minimum Gasteiger partial charge on any atom is -0.373 e. The summed E-state index contributed by atoms with van der Waals surface area (Å²) in [6, 6.07) is 4.63. The van der Waals surface area contributed by atoms with Crippen LogP contribution in [0.15, 0.2) is 18.3 Å². The Labute approximate surface area is 108 Å². The summed E-state index contributed by atoms with van der Waals surface area (Å²) in [5.41, 5.74) is 8.41. The first-order valence-corrected chi connectivity index (χ1v) is 6.78. The zero-order valence-electron chi connectivity index (χ0n) is 10.9. The number of ether oxygens (including phenoxy) is 1. The first-order valence-electron chi connectivity index (χ1n) is 6.78. The van der Waals surface area contributed by atoms with Crippen molar-refractivity contribution in [3.05, 3.63) is 29.6 Å². The van der Waals surface area contributed by atoms with Gasteiger partial charge in [-0.3, -0.25) is 9.88 Å². The van der Waals surface area contributed by atoms with Gasteiger partial charge >= 0.3 is 0 Å². The van der Waals surface area contributed by atoms with Crippen LogP contribution in [0.3, 0.4) is 0 Å². The predicted octanol–water partition coefficient (Wildman–Crippen LogP) is 1.25. The van der Waals surface area contributed by atoms with Crippen LogP contribution in [0.25, 0.3) is 0 Å². The fourth-order valence-electron chi connectivity index (χ4n) is 2.95. The molecule has 3 unspecified atom stereocenters. The maximum absolute atomic E-state index is 6.31. The zero-order chi connectivity index (χ0) is 12.5. The van der Waals surface area contributed by atoms with E-state index in [1.54, 1.807) is 0 Å². The van der Waals surface area contributed by atoms with Crippen LogP contribution in [0.5, 0.6) is 0 Å². The van der Waals surface area contributed by atoms with E-state index in [0.29, 0.717) is 6.04 Å². The average Bonchev–Trinajstić information content (AvgIpc) is 2.86. The van der Waals surface area contributed by atoms with Crippen molar-refractivity contribution in [2.45, 2.75) is 38.0 Å². The summed E-state index contributed by atoms with van der Waals surface area (Å²) < 4.78 is 5.94. The van der Waals surface area contributed by atoms with Crippen LogP contribution in [0.1, 0.15) is 30.1 Å². The van der Waals surface area contributed by atoms with Crippen molar-refractivity contribution in [2.75, 3.05) is 19.7 Å². The fraction of sp³-hybridized carbons (Fsp3) is 0.643. The topological polar surface area (TPSA) is 51.4 Å². The van der Waals surface area contributed by atoms with Crippen LogP contribution in [-0.2, 0) is 4.74 Å². The Bertz CT molecular complexity index is 406. The van der Waals surface area contributed by atoms with Crippen LogP contribution in [0.2, 0.25) is 0 Å². The van der Waals surface area contributed by atoms with Crippen molar-refractivity contribution >= 4 is 0 Å². The lowest BCUT2D eigenvalue weighted by molar-refractivity contribution is -0.0597. The van der Waals surface area contributed by atoms with Crippen molar-refractivity contribution < 1.29 is 4.74 Å². The van der Waals surface area contributed by atoms with E-state index in [9.17, 15) is 0 Å². The summed E-state index contributed by atoms with van der Waals surface area (Å²) in [7, 11) is 0. The van der Waals surface area contributed by atoms with E-state index >= 15 is 0 Å². The molecule has 3 atom stereocenters. The summed E-state index contributed by atoms with van der Waals surface area (Å²) in [6.07, 6.45) is 4.54. The van der Waals surface area contributed by atoms with E-state index in [4.69, 9.17) is 10.5 Å². The maximum atomic E-state index is 6.31. The van der Waals surface area contributed by atoms with E-state index in [0.717, 1.165) is 24.4 Å². The lowest BCUT2D eigenvalue weighted by Gasteiger charge is -2.37. The van der Waals surface area contributed by atoms with Crippen molar-refractivity contribution in [1.29, 1.82) is 0 Å². The summed E-state index contributed by atoms with van der Waals surface area (Å²) in [5.74, 6) is 0. The highest BCUT2D eigenvalue weighted by molar-refractivity contribution is 5.18. The van der Waals surface area contributed by atoms with E-state index in [1.807, 2.05) is 19.2 Å². The molecule has 4 heteroatoms. The third kappa shape index (κ3) is 2.28. The average molecular weight is 247 g/mol. The van der Waals surface area contributed by atoms with Crippen LogP contribution in [0, 0.1) is 6.92 Å². The van der Waals surface area contributed by atoms with Gasteiger partial charge in [-0.25, -0.2) is 0 Å². The van der Waals surface area contributed by atoms with Crippen LogP contribution >= 0.6 is 0 Å². The molecule has 0 bridgehead atoms. The Morgan fingerprint density at radius 1 is 1.50 bits per heavy atom. The minimum atomic E-state index is -0.0698. The number of rotatable bonds is 2. The third-order valence-corrected chi connectivity index (χ3v) is 4.14. The number of nitrogens with zero attached hydrogens (tertiary/aromatic N) is 2. The van der Waals surface area contributed by atoms with Gasteiger partial charge in [0.15, 0.2) is 0 Å². The highest BCUT2D eigenvalue weighted by Crippen LogP contribution is 2.27. The zero-order valence-corrected chi connectivity index (χ0v) is 10.9. The molecule has 18 heavy (non-hydrogen) atoms. The van der Waals surface area contributed by atoms with Gasteiger partial charge < -0.3 is 10.5 Å². The molecule has 2 fully saturated rings. The molecule has 1 aromatic rings. The first kappa shape index (κ1) is 12.1. The molecule has 0 saturated carbocycles. The normalized spacial score (nSPS) is 30.1. The van der Waals surface area contributed by atoms with Crippen molar-refractivity contribution in [1.82, 2.24) is 9.88 Å². The largest absolute Gasteiger partial charge is 0.373 e. The van der Waals surface area contributed by atoms with Gasteiger partial charge in [-0.15, -0.1) is 0 Å². The van der Waals surface area contributed by atoms with Crippen molar-refractivity contribution in [3.63, 3.8) is 0 Å². The van der Waals surface area contributed by atoms with Crippen LogP contribution in [0.4, 0.5) is 0 Å². The Kier molecular flexibility index (Phi) is 3.33. The number of nitrogens with two attached hydrogens (primary N) is 1. The van der Waals surface area contributed by atoms with Gasteiger partial charge in [0, 0.05) is 24.5 Å². The summed E-state index contributed by atoms with van der Waals surface area (Å²) in [5, 5.41) is 0. The lowest BCUT2D eigenvalue weighted by Crippen LogP contribution is -2.49. The molecule has 0 amide bonds. The predicted molar refractivity (Wildman–Crippen MR) is 70.2 cm³/mol. The van der Waals surface area contributed by atoms with E-state index in [1.165, 1.54) is 19.4 Å². The highest BCUT2D eigenvalue weighted by Gasteiger charge is 2.35. The van der Waals surface area contributed by atoms with Gasteiger partial charge in [0.1, 0.15) is 0 Å². The Morgan fingerprint density at radius 3 is 3.17 bits per heavy atom. The molecule has 4 nitrogen and oxygen atoms in total. The third-order valence-electron chi connectivity index (χ3n) is 4.14. The van der Waals surface area contributed by atoms with Crippen molar-refractivity contribution in [2.24, 2.45) is 5.73 Å². The molecule has 98 valence electrons. The van der Waals surface area contributed by atoms with E-state index in [2.05, 4.69) is 16.0 Å².